The van der Waals surface area contributed by atoms with Crippen molar-refractivity contribution in [2.24, 2.45) is 0 Å². The molecule has 3 heterocycles. The van der Waals surface area contributed by atoms with E-state index in [1.165, 1.54) is 5.56 Å². The third-order valence-electron chi connectivity index (χ3n) is 8.43. The predicted octanol–water partition coefficient (Wildman–Crippen LogP) is 9.75. The van der Waals surface area contributed by atoms with E-state index in [4.69, 9.17) is 15.0 Å². The summed E-state index contributed by atoms with van der Waals surface area (Å²) in [7, 11) is 0. The molecule has 0 atom stereocenters. The van der Waals surface area contributed by atoms with Crippen molar-refractivity contribution in [2.45, 2.75) is 0 Å². The van der Waals surface area contributed by atoms with Crippen molar-refractivity contribution in [1.82, 2.24) is 19.5 Å². The van der Waals surface area contributed by atoms with E-state index in [1.54, 1.807) is 6.33 Å². The van der Waals surface area contributed by atoms with Crippen LogP contribution >= 0.6 is 0 Å². The second-order valence-corrected chi connectivity index (χ2v) is 11.0. The van der Waals surface area contributed by atoms with Gasteiger partial charge in [-0.3, -0.25) is 9.47 Å². The minimum absolute atomic E-state index is 0.882. The van der Waals surface area contributed by atoms with Crippen LogP contribution in [0.1, 0.15) is 0 Å². The van der Waals surface area contributed by atoms with Crippen LogP contribution in [-0.4, -0.2) is 19.5 Å². The van der Waals surface area contributed by atoms with E-state index in [0.717, 1.165) is 72.9 Å². The van der Waals surface area contributed by atoms with E-state index >= 15 is 0 Å². The van der Waals surface area contributed by atoms with Crippen LogP contribution in [0.15, 0.2) is 152 Å². The zero-order valence-electron chi connectivity index (χ0n) is 23.7. The summed E-state index contributed by atoms with van der Waals surface area (Å²) in [5.41, 5.74) is 11.8. The SMILES string of the molecule is c1ccc(-c2cc3c4c(ncnc4c2)N(c2ccc(-c4nc5ccccc5n4-c4ccccc4)cc2)c2ccccc2-3)cc1. The Balaban J connectivity index is 1.20. The molecule has 6 aromatic carbocycles. The fraction of sp³-hybridized carbons (Fsp3) is 0. The third kappa shape index (κ3) is 3.76. The number of benzene rings is 6. The Morgan fingerprint density at radius 2 is 1.20 bits per heavy atom. The number of anilines is 3. The van der Waals surface area contributed by atoms with Crippen LogP contribution in [0.25, 0.3) is 61.3 Å². The van der Waals surface area contributed by atoms with Gasteiger partial charge in [-0.2, -0.15) is 0 Å². The van der Waals surface area contributed by atoms with Gasteiger partial charge < -0.3 is 0 Å². The predicted molar refractivity (Wildman–Crippen MR) is 179 cm³/mol. The molecule has 1 aliphatic rings. The Labute approximate surface area is 254 Å². The fourth-order valence-electron chi connectivity index (χ4n) is 6.44. The van der Waals surface area contributed by atoms with E-state index < -0.39 is 0 Å². The molecule has 5 nitrogen and oxygen atoms in total. The molecule has 206 valence electrons. The molecule has 8 aromatic rings. The lowest BCUT2D eigenvalue weighted by Crippen LogP contribution is -2.16. The molecular weight excluding hydrogens is 538 g/mol. The number of hydrogen-bond acceptors (Lipinski definition) is 4. The molecule has 0 amide bonds. The summed E-state index contributed by atoms with van der Waals surface area (Å²) in [4.78, 5) is 16.9. The maximum absolute atomic E-state index is 5.06. The van der Waals surface area contributed by atoms with Crippen LogP contribution in [-0.2, 0) is 0 Å². The topological polar surface area (TPSA) is 46.8 Å². The molecule has 44 heavy (non-hydrogen) atoms. The van der Waals surface area contributed by atoms with Gasteiger partial charge in [0.05, 0.1) is 27.6 Å². The number of fused-ring (bicyclic) bond motifs is 3. The minimum Gasteiger partial charge on any atom is -0.294 e. The second-order valence-electron chi connectivity index (χ2n) is 11.0. The Bertz CT molecular complexity index is 2320. The number of imidazole rings is 1. The summed E-state index contributed by atoms with van der Waals surface area (Å²) in [5, 5.41) is 1.06. The molecule has 0 fully saturated rings. The summed E-state index contributed by atoms with van der Waals surface area (Å²) in [6, 6.07) is 50.8. The van der Waals surface area contributed by atoms with Crippen molar-refractivity contribution in [3.63, 3.8) is 0 Å². The van der Waals surface area contributed by atoms with Gasteiger partial charge in [0, 0.05) is 22.5 Å². The minimum atomic E-state index is 0.882. The second kappa shape index (κ2) is 9.75. The first kappa shape index (κ1) is 24.5. The number of aromatic nitrogens is 4. The molecule has 0 unspecified atom stereocenters. The summed E-state index contributed by atoms with van der Waals surface area (Å²) < 4.78 is 2.23. The monoisotopic (exact) mass is 563 g/mol. The molecule has 2 aromatic heterocycles. The summed E-state index contributed by atoms with van der Waals surface area (Å²) in [6.45, 7) is 0. The van der Waals surface area contributed by atoms with Crippen LogP contribution in [0, 0.1) is 0 Å². The van der Waals surface area contributed by atoms with E-state index in [1.807, 2.05) is 18.2 Å². The average Bonchev–Trinajstić information content (AvgIpc) is 3.49. The Morgan fingerprint density at radius 1 is 0.477 bits per heavy atom. The van der Waals surface area contributed by atoms with Crippen molar-refractivity contribution in [1.29, 1.82) is 0 Å². The summed E-state index contributed by atoms with van der Waals surface area (Å²) in [6.07, 6.45) is 1.67. The average molecular weight is 564 g/mol. The highest BCUT2D eigenvalue weighted by Crippen LogP contribution is 2.50. The Hall–Kier alpha value is -6.07. The van der Waals surface area contributed by atoms with Crippen LogP contribution in [0.5, 0.6) is 0 Å². The molecule has 0 spiro atoms. The highest BCUT2D eigenvalue weighted by Gasteiger charge is 2.28. The fourth-order valence-corrected chi connectivity index (χ4v) is 6.44. The highest BCUT2D eigenvalue weighted by molar-refractivity contribution is 6.12. The lowest BCUT2D eigenvalue weighted by atomic mass is 9.91. The van der Waals surface area contributed by atoms with Gasteiger partial charge in [-0.25, -0.2) is 15.0 Å². The van der Waals surface area contributed by atoms with Gasteiger partial charge in [0.2, 0.25) is 0 Å². The molecule has 0 saturated carbocycles. The summed E-state index contributed by atoms with van der Waals surface area (Å²) >= 11 is 0. The maximum Gasteiger partial charge on any atom is 0.149 e. The Kier molecular flexibility index (Phi) is 5.43. The van der Waals surface area contributed by atoms with Crippen molar-refractivity contribution >= 4 is 39.1 Å². The van der Waals surface area contributed by atoms with Gasteiger partial charge in [0.1, 0.15) is 18.0 Å². The smallest absolute Gasteiger partial charge is 0.149 e. The van der Waals surface area contributed by atoms with E-state index in [9.17, 15) is 0 Å². The van der Waals surface area contributed by atoms with Gasteiger partial charge in [0.15, 0.2) is 0 Å². The van der Waals surface area contributed by atoms with Crippen LogP contribution in [0.2, 0.25) is 0 Å². The van der Waals surface area contributed by atoms with Crippen molar-refractivity contribution < 1.29 is 0 Å². The zero-order valence-corrected chi connectivity index (χ0v) is 23.7. The molecule has 1 aliphatic heterocycles. The van der Waals surface area contributed by atoms with E-state index in [0.29, 0.717) is 0 Å². The quantitative estimate of drug-likeness (QED) is 0.214. The maximum atomic E-state index is 5.06. The van der Waals surface area contributed by atoms with Gasteiger partial charge in [-0.15, -0.1) is 0 Å². The summed E-state index contributed by atoms with van der Waals surface area (Å²) in [5.74, 6) is 1.79. The zero-order chi connectivity index (χ0) is 29.0. The van der Waals surface area contributed by atoms with E-state index in [-0.39, 0.29) is 0 Å². The first-order chi connectivity index (χ1) is 21.8. The van der Waals surface area contributed by atoms with Crippen LogP contribution in [0.3, 0.4) is 0 Å². The molecule has 0 saturated heterocycles. The highest BCUT2D eigenvalue weighted by atomic mass is 15.2. The van der Waals surface area contributed by atoms with Gasteiger partial charge in [-0.05, 0) is 83.4 Å². The first-order valence-corrected chi connectivity index (χ1v) is 14.7. The lowest BCUT2D eigenvalue weighted by molar-refractivity contribution is 1.10. The number of para-hydroxylation sites is 4. The van der Waals surface area contributed by atoms with Crippen molar-refractivity contribution in [2.75, 3.05) is 4.90 Å². The Morgan fingerprint density at radius 3 is 2.05 bits per heavy atom. The number of hydrogen-bond donors (Lipinski definition) is 0. The van der Waals surface area contributed by atoms with E-state index in [2.05, 4.69) is 137 Å². The molecule has 9 rings (SSSR count). The van der Waals surface area contributed by atoms with Crippen molar-refractivity contribution in [3.05, 3.63) is 152 Å². The third-order valence-corrected chi connectivity index (χ3v) is 8.43. The number of nitrogens with zero attached hydrogens (tertiary/aromatic N) is 5. The van der Waals surface area contributed by atoms with Gasteiger partial charge in [0.25, 0.3) is 0 Å². The van der Waals surface area contributed by atoms with Gasteiger partial charge in [-0.1, -0.05) is 78.9 Å². The molecule has 0 radical (unpaired) electrons. The lowest BCUT2D eigenvalue weighted by Gasteiger charge is -2.32. The van der Waals surface area contributed by atoms with Gasteiger partial charge >= 0.3 is 0 Å². The normalized spacial score (nSPS) is 12.0. The molecule has 0 bridgehead atoms. The van der Waals surface area contributed by atoms with Crippen LogP contribution in [0.4, 0.5) is 17.2 Å². The van der Waals surface area contributed by atoms with Crippen molar-refractivity contribution in [3.8, 4) is 39.3 Å². The van der Waals surface area contributed by atoms with Crippen LogP contribution < -0.4 is 4.90 Å². The molecular formula is C39H25N5. The first-order valence-electron chi connectivity index (χ1n) is 14.7. The molecule has 0 N–H and O–H groups in total. The largest absolute Gasteiger partial charge is 0.294 e. The molecule has 5 heteroatoms. The standard InChI is InChI=1S/C39H25N5/c1-3-11-26(12-4-1)28-23-32-31-15-7-9-17-35(31)43(39-37(32)34(24-28)40-25-41-39)30-21-19-27(20-22-30)38-42-33-16-8-10-18-36(33)44(38)29-13-5-2-6-14-29/h1-25H. The molecule has 0 aliphatic carbocycles. The number of rotatable bonds is 4.